The smallest absolute Gasteiger partial charge is 0.270 e. The highest BCUT2D eigenvalue weighted by Crippen LogP contribution is 2.30. The van der Waals surface area contributed by atoms with Crippen LogP contribution in [0.25, 0.3) is 0 Å². The summed E-state index contributed by atoms with van der Waals surface area (Å²) < 4.78 is 0. The van der Waals surface area contributed by atoms with Crippen LogP contribution in [0, 0.1) is 10.1 Å². The SMILES string of the molecule is O=[N+]([O-])c1ccc(O)c(C(O)C(O)CCl)c1. The molecule has 88 valence electrons. The first-order chi connectivity index (χ1) is 7.47. The first-order valence-corrected chi connectivity index (χ1v) is 4.90. The Morgan fingerprint density at radius 3 is 2.56 bits per heavy atom. The van der Waals surface area contributed by atoms with Gasteiger partial charge in [-0.15, -0.1) is 11.6 Å². The number of benzene rings is 1. The molecular weight excluding hydrogens is 238 g/mol. The van der Waals surface area contributed by atoms with Crippen LogP contribution in [0.3, 0.4) is 0 Å². The number of halogens is 1. The van der Waals surface area contributed by atoms with Crippen molar-refractivity contribution in [2.45, 2.75) is 12.2 Å². The van der Waals surface area contributed by atoms with Gasteiger partial charge in [-0.3, -0.25) is 10.1 Å². The number of nitrogens with zero attached hydrogens (tertiary/aromatic N) is 1. The molecule has 0 spiro atoms. The molecule has 0 fully saturated rings. The summed E-state index contributed by atoms with van der Waals surface area (Å²) in [6, 6.07) is 3.17. The second-order valence-electron chi connectivity index (χ2n) is 3.17. The zero-order chi connectivity index (χ0) is 12.3. The number of nitro benzene ring substituents is 1. The molecule has 0 saturated heterocycles. The number of hydrogen-bond donors (Lipinski definition) is 3. The number of non-ortho nitro benzene ring substituents is 1. The molecule has 0 bridgehead atoms. The summed E-state index contributed by atoms with van der Waals surface area (Å²) in [5.74, 6) is -0.578. The predicted molar refractivity (Wildman–Crippen MR) is 56.4 cm³/mol. The highest BCUT2D eigenvalue weighted by Gasteiger charge is 2.22. The van der Waals surface area contributed by atoms with E-state index < -0.39 is 17.1 Å². The molecule has 0 aliphatic carbocycles. The number of phenols is 1. The van der Waals surface area contributed by atoms with Crippen LogP contribution in [0.5, 0.6) is 5.75 Å². The molecule has 1 aromatic rings. The van der Waals surface area contributed by atoms with Gasteiger partial charge in [-0.1, -0.05) is 0 Å². The average molecular weight is 248 g/mol. The van der Waals surface area contributed by atoms with Crippen molar-refractivity contribution in [3.05, 3.63) is 33.9 Å². The maximum absolute atomic E-state index is 10.5. The van der Waals surface area contributed by atoms with Gasteiger partial charge in [-0.05, 0) is 6.07 Å². The van der Waals surface area contributed by atoms with Crippen molar-refractivity contribution in [2.75, 3.05) is 5.88 Å². The predicted octanol–water partition coefficient (Wildman–Crippen LogP) is 0.933. The Morgan fingerprint density at radius 1 is 1.44 bits per heavy atom. The Kier molecular flexibility index (Phi) is 4.05. The van der Waals surface area contributed by atoms with E-state index >= 15 is 0 Å². The minimum Gasteiger partial charge on any atom is -0.508 e. The Morgan fingerprint density at radius 2 is 2.06 bits per heavy atom. The monoisotopic (exact) mass is 247 g/mol. The van der Waals surface area contributed by atoms with Crippen molar-refractivity contribution in [1.29, 1.82) is 0 Å². The molecule has 0 saturated carbocycles. The first-order valence-electron chi connectivity index (χ1n) is 4.36. The third-order valence-corrected chi connectivity index (χ3v) is 2.38. The Hall–Kier alpha value is -1.37. The fourth-order valence-corrected chi connectivity index (χ4v) is 1.35. The van der Waals surface area contributed by atoms with Gasteiger partial charge < -0.3 is 15.3 Å². The molecule has 2 unspecified atom stereocenters. The molecule has 0 aliphatic heterocycles. The molecule has 0 aromatic heterocycles. The van der Waals surface area contributed by atoms with Crippen molar-refractivity contribution in [2.24, 2.45) is 0 Å². The molecule has 1 aromatic carbocycles. The largest absolute Gasteiger partial charge is 0.508 e. The van der Waals surface area contributed by atoms with Gasteiger partial charge in [0.2, 0.25) is 0 Å². The zero-order valence-electron chi connectivity index (χ0n) is 8.08. The van der Waals surface area contributed by atoms with Crippen LogP contribution in [0.4, 0.5) is 5.69 Å². The van der Waals surface area contributed by atoms with E-state index in [1.807, 2.05) is 0 Å². The highest BCUT2D eigenvalue weighted by atomic mass is 35.5. The third-order valence-electron chi connectivity index (χ3n) is 2.06. The third kappa shape index (κ3) is 2.60. The summed E-state index contributed by atoms with van der Waals surface area (Å²) in [6.45, 7) is 0. The van der Waals surface area contributed by atoms with Gasteiger partial charge in [0.25, 0.3) is 5.69 Å². The number of aromatic hydroxyl groups is 1. The van der Waals surface area contributed by atoms with Gasteiger partial charge >= 0.3 is 0 Å². The summed E-state index contributed by atoms with van der Waals surface area (Å²) >= 11 is 5.33. The summed E-state index contributed by atoms with van der Waals surface area (Å²) in [6.07, 6.45) is -2.76. The van der Waals surface area contributed by atoms with Crippen LogP contribution in [-0.4, -0.2) is 32.2 Å². The fraction of sp³-hybridized carbons (Fsp3) is 0.333. The lowest BCUT2D eigenvalue weighted by atomic mass is 10.0. The molecule has 16 heavy (non-hydrogen) atoms. The van der Waals surface area contributed by atoms with Gasteiger partial charge in [0.15, 0.2) is 0 Å². The summed E-state index contributed by atoms with van der Waals surface area (Å²) in [5, 5.41) is 38.7. The highest BCUT2D eigenvalue weighted by molar-refractivity contribution is 6.18. The average Bonchev–Trinajstić information content (AvgIpc) is 2.27. The van der Waals surface area contributed by atoms with Crippen molar-refractivity contribution in [3.8, 4) is 5.75 Å². The van der Waals surface area contributed by atoms with Gasteiger partial charge in [0, 0.05) is 17.7 Å². The van der Waals surface area contributed by atoms with Crippen molar-refractivity contribution >= 4 is 17.3 Å². The van der Waals surface area contributed by atoms with E-state index in [9.17, 15) is 25.4 Å². The topological polar surface area (TPSA) is 104 Å². The number of phenolic OH excluding ortho intramolecular Hbond substituents is 1. The van der Waals surface area contributed by atoms with Crippen molar-refractivity contribution in [1.82, 2.24) is 0 Å². The van der Waals surface area contributed by atoms with Crippen molar-refractivity contribution < 1.29 is 20.2 Å². The Bertz CT molecular complexity index is 397. The molecule has 0 amide bonds. The van der Waals surface area contributed by atoms with Crippen LogP contribution in [-0.2, 0) is 0 Å². The molecule has 6 nitrogen and oxygen atoms in total. The lowest BCUT2D eigenvalue weighted by Crippen LogP contribution is -2.19. The van der Waals surface area contributed by atoms with Gasteiger partial charge in [0.05, 0.1) is 16.9 Å². The molecular formula is C9H10ClNO5. The van der Waals surface area contributed by atoms with Crippen LogP contribution in [0.15, 0.2) is 18.2 Å². The first kappa shape index (κ1) is 12.7. The Labute approximate surface area is 95.9 Å². The number of aliphatic hydroxyl groups excluding tert-OH is 2. The maximum Gasteiger partial charge on any atom is 0.270 e. The van der Waals surface area contributed by atoms with E-state index in [0.717, 1.165) is 18.2 Å². The van der Waals surface area contributed by atoms with Crippen LogP contribution in [0.1, 0.15) is 11.7 Å². The van der Waals surface area contributed by atoms with E-state index in [1.165, 1.54) is 0 Å². The second kappa shape index (κ2) is 5.11. The normalized spacial score (nSPS) is 14.4. The van der Waals surface area contributed by atoms with Gasteiger partial charge in [-0.2, -0.15) is 0 Å². The Balaban J connectivity index is 3.11. The molecule has 7 heteroatoms. The standard InChI is InChI=1S/C9H10ClNO5/c10-4-8(13)9(14)6-3-5(11(15)16)1-2-7(6)12/h1-3,8-9,12-14H,4H2. The number of hydrogen-bond acceptors (Lipinski definition) is 5. The minimum atomic E-state index is -1.46. The van der Waals surface area contributed by atoms with E-state index in [2.05, 4.69) is 0 Å². The molecule has 2 atom stereocenters. The summed E-state index contributed by atoms with van der Waals surface area (Å²) in [4.78, 5) is 9.82. The van der Waals surface area contributed by atoms with Crippen LogP contribution >= 0.6 is 11.6 Å². The van der Waals surface area contributed by atoms with Crippen molar-refractivity contribution in [3.63, 3.8) is 0 Å². The van der Waals surface area contributed by atoms with Gasteiger partial charge in [0.1, 0.15) is 11.9 Å². The fourth-order valence-electron chi connectivity index (χ4n) is 1.18. The number of aliphatic hydroxyl groups is 2. The molecule has 0 heterocycles. The lowest BCUT2D eigenvalue weighted by molar-refractivity contribution is -0.385. The van der Waals surface area contributed by atoms with Crippen LogP contribution < -0.4 is 0 Å². The number of rotatable bonds is 4. The molecule has 1 rings (SSSR count). The lowest BCUT2D eigenvalue weighted by Gasteiger charge is -2.16. The molecule has 0 aliphatic rings. The number of nitro groups is 1. The second-order valence-corrected chi connectivity index (χ2v) is 3.48. The van der Waals surface area contributed by atoms with Crippen LogP contribution in [0.2, 0.25) is 0 Å². The summed E-state index contributed by atoms with van der Waals surface area (Å²) in [7, 11) is 0. The van der Waals surface area contributed by atoms with Gasteiger partial charge in [-0.25, -0.2) is 0 Å². The van der Waals surface area contributed by atoms with E-state index in [1.54, 1.807) is 0 Å². The maximum atomic E-state index is 10.5. The minimum absolute atomic E-state index is 0.123. The zero-order valence-corrected chi connectivity index (χ0v) is 8.83. The van der Waals surface area contributed by atoms with E-state index in [-0.39, 0.29) is 22.9 Å². The quantitative estimate of drug-likeness (QED) is 0.417. The van der Waals surface area contributed by atoms with E-state index in [4.69, 9.17) is 11.6 Å². The number of alkyl halides is 1. The summed E-state index contributed by atoms with van der Waals surface area (Å²) in [5.41, 5.74) is -0.407. The molecule has 3 N–H and O–H groups in total. The molecule has 0 radical (unpaired) electrons. The van der Waals surface area contributed by atoms with E-state index in [0.29, 0.717) is 0 Å².